The molecule has 0 atom stereocenters. The van der Waals surface area contributed by atoms with E-state index in [1.807, 2.05) is 0 Å². The minimum Gasteiger partial charge on any atom is -0.311 e. The summed E-state index contributed by atoms with van der Waals surface area (Å²) in [4.78, 5) is 0. The maximum atomic E-state index is 4.00. The van der Waals surface area contributed by atoms with E-state index in [0.29, 0.717) is 10.8 Å². The Bertz CT molecular complexity index is 209. The first kappa shape index (κ1) is 11.8. The Labute approximate surface area is 89.0 Å². The fraction of sp³-hybridized carbons (Fsp3) is 0.846. The van der Waals surface area contributed by atoms with E-state index in [2.05, 4.69) is 52.7 Å². The van der Waals surface area contributed by atoms with Gasteiger partial charge in [0.2, 0.25) is 0 Å². The minimum absolute atomic E-state index is 0.144. The van der Waals surface area contributed by atoms with Gasteiger partial charge in [-0.15, -0.1) is 6.58 Å². The zero-order chi connectivity index (χ0) is 11.0. The van der Waals surface area contributed by atoms with Crippen LogP contribution in [-0.4, -0.2) is 12.6 Å². The van der Waals surface area contributed by atoms with E-state index >= 15 is 0 Å². The zero-order valence-electron chi connectivity index (χ0n) is 10.4. The van der Waals surface area contributed by atoms with Gasteiger partial charge in [0.1, 0.15) is 0 Å². The third kappa shape index (κ3) is 2.38. The van der Waals surface area contributed by atoms with Crippen molar-refractivity contribution in [2.45, 2.75) is 52.5 Å². The summed E-state index contributed by atoms with van der Waals surface area (Å²) >= 11 is 0. The van der Waals surface area contributed by atoms with Gasteiger partial charge in [0, 0.05) is 5.54 Å². The zero-order valence-corrected chi connectivity index (χ0v) is 10.4. The van der Waals surface area contributed by atoms with Crippen molar-refractivity contribution in [2.24, 2.45) is 10.8 Å². The minimum atomic E-state index is 0.144. The topological polar surface area (TPSA) is 12.0 Å². The Hall–Kier alpha value is -0.300. The van der Waals surface area contributed by atoms with Gasteiger partial charge >= 0.3 is 0 Å². The van der Waals surface area contributed by atoms with Crippen LogP contribution in [-0.2, 0) is 0 Å². The van der Waals surface area contributed by atoms with Gasteiger partial charge in [0.15, 0.2) is 0 Å². The second-order valence-corrected chi connectivity index (χ2v) is 6.47. The molecule has 0 aromatic carbocycles. The first-order valence-corrected chi connectivity index (χ1v) is 5.57. The molecule has 0 aromatic rings. The molecule has 1 rings (SSSR count). The Morgan fingerprint density at radius 2 is 1.43 bits per heavy atom. The SMILES string of the molecule is C=CC1(NC)CC(C)(C)CC(C)(C)C1. The standard InChI is InChI=1S/C13H25N/c1-7-13(14-6)9-11(2,3)8-12(4,5)10-13/h7,14H,1,8-10H2,2-6H3. The fourth-order valence-corrected chi connectivity index (χ4v) is 3.61. The number of hydrogen-bond donors (Lipinski definition) is 1. The van der Waals surface area contributed by atoms with Crippen LogP contribution in [0.25, 0.3) is 0 Å². The summed E-state index contributed by atoms with van der Waals surface area (Å²) < 4.78 is 0. The van der Waals surface area contributed by atoms with Gasteiger partial charge in [-0.1, -0.05) is 33.8 Å². The van der Waals surface area contributed by atoms with E-state index in [-0.39, 0.29) is 5.54 Å². The second kappa shape index (κ2) is 3.37. The van der Waals surface area contributed by atoms with Crippen molar-refractivity contribution in [1.82, 2.24) is 5.32 Å². The third-order valence-corrected chi connectivity index (χ3v) is 3.43. The predicted molar refractivity (Wildman–Crippen MR) is 63.4 cm³/mol. The molecule has 14 heavy (non-hydrogen) atoms. The van der Waals surface area contributed by atoms with Gasteiger partial charge < -0.3 is 5.32 Å². The number of nitrogens with one attached hydrogen (secondary N) is 1. The van der Waals surface area contributed by atoms with Crippen molar-refractivity contribution in [3.8, 4) is 0 Å². The van der Waals surface area contributed by atoms with Gasteiger partial charge in [0.25, 0.3) is 0 Å². The number of hydrogen-bond acceptors (Lipinski definition) is 1. The lowest BCUT2D eigenvalue weighted by Gasteiger charge is -2.51. The Morgan fingerprint density at radius 1 is 1.00 bits per heavy atom. The molecule has 0 bridgehead atoms. The van der Waals surface area contributed by atoms with Crippen LogP contribution in [0.1, 0.15) is 47.0 Å². The van der Waals surface area contributed by atoms with Crippen molar-refractivity contribution >= 4 is 0 Å². The van der Waals surface area contributed by atoms with E-state index in [1.165, 1.54) is 19.3 Å². The molecule has 1 heteroatoms. The highest BCUT2D eigenvalue weighted by Crippen LogP contribution is 2.50. The van der Waals surface area contributed by atoms with Gasteiger partial charge in [-0.3, -0.25) is 0 Å². The van der Waals surface area contributed by atoms with E-state index in [4.69, 9.17) is 0 Å². The van der Waals surface area contributed by atoms with Crippen LogP contribution in [0.5, 0.6) is 0 Å². The summed E-state index contributed by atoms with van der Waals surface area (Å²) in [5, 5.41) is 3.46. The van der Waals surface area contributed by atoms with Crippen molar-refractivity contribution < 1.29 is 0 Å². The molecule has 0 heterocycles. The highest BCUT2D eigenvalue weighted by atomic mass is 14.9. The lowest BCUT2D eigenvalue weighted by atomic mass is 9.58. The van der Waals surface area contributed by atoms with Gasteiger partial charge in [-0.05, 0) is 37.1 Å². The van der Waals surface area contributed by atoms with E-state index in [1.54, 1.807) is 0 Å². The van der Waals surface area contributed by atoms with Crippen LogP contribution in [0.4, 0.5) is 0 Å². The quantitative estimate of drug-likeness (QED) is 0.666. The van der Waals surface area contributed by atoms with Crippen LogP contribution in [0.2, 0.25) is 0 Å². The van der Waals surface area contributed by atoms with Crippen molar-refractivity contribution in [1.29, 1.82) is 0 Å². The van der Waals surface area contributed by atoms with Crippen LogP contribution in [0.15, 0.2) is 12.7 Å². The molecule has 0 unspecified atom stereocenters. The summed E-state index contributed by atoms with van der Waals surface area (Å²) in [6, 6.07) is 0. The molecule has 0 amide bonds. The summed E-state index contributed by atoms with van der Waals surface area (Å²) in [6.45, 7) is 13.5. The smallest absolute Gasteiger partial charge is 0.0369 e. The van der Waals surface area contributed by atoms with Crippen LogP contribution in [0.3, 0.4) is 0 Å². The molecule has 0 saturated heterocycles. The Morgan fingerprint density at radius 3 is 1.71 bits per heavy atom. The van der Waals surface area contributed by atoms with E-state index in [9.17, 15) is 0 Å². The number of rotatable bonds is 2. The van der Waals surface area contributed by atoms with Crippen molar-refractivity contribution in [2.75, 3.05) is 7.05 Å². The maximum absolute atomic E-state index is 4.00. The molecule has 1 fully saturated rings. The monoisotopic (exact) mass is 195 g/mol. The molecule has 1 aliphatic carbocycles. The summed E-state index contributed by atoms with van der Waals surface area (Å²) in [5.74, 6) is 0. The second-order valence-electron chi connectivity index (χ2n) is 6.47. The van der Waals surface area contributed by atoms with Crippen LogP contribution in [0, 0.1) is 10.8 Å². The van der Waals surface area contributed by atoms with Gasteiger partial charge in [-0.25, -0.2) is 0 Å². The molecule has 0 aromatic heterocycles. The number of likely N-dealkylation sites (N-methyl/N-ethyl adjacent to an activating group) is 1. The molecule has 1 aliphatic rings. The largest absolute Gasteiger partial charge is 0.311 e. The lowest BCUT2D eigenvalue weighted by molar-refractivity contribution is 0.0557. The molecule has 0 spiro atoms. The van der Waals surface area contributed by atoms with Crippen molar-refractivity contribution in [3.05, 3.63) is 12.7 Å². The van der Waals surface area contributed by atoms with E-state index < -0.39 is 0 Å². The molecular weight excluding hydrogens is 170 g/mol. The lowest BCUT2D eigenvalue weighted by Crippen LogP contribution is -2.52. The molecule has 1 N–H and O–H groups in total. The van der Waals surface area contributed by atoms with Gasteiger partial charge in [0.05, 0.1) is 0 Å². The molecule has 82 valence electrons. The molecular formula is C13H25N. The predicted octanol–water partition coefficient (Wildman–Crippen LogP) is 3.37. The summed E-state index contributed by atoms with van der Waals surface area (Å²) in [6.07, 6.45) is 5.81. The fourth-order valence-electron chi connectivity index (χ4n) is 3.61. The molecule has 0 aliphatic heterocycles. The summed E-state index contributed by atoms with van der Waals surface area (Å²) in [7, 11) is 2.05. The van der Waals surface area contributed by atoms with Gasteiger partial charge in [-0.2, -0.15) is 0 Å². The molecule has 1 nitrogen and oxygen atoms in total. The average Bonchev–Trinajstić information content (AvgIpc) is 1.98. The third-order valence-electron chi connectivity index (χ3n) is 3.43. The first-order chi connectivity index (χ1) is 6.24. The highest BCUT2D eigenvalue weighted by molar-refractivity contribution is 5.10. The average molecular weight is 195 g/mol. The van der Waals surface area contributed by atoms with Crippen LogP contribution >= 0.6 is 0 Å². The molecule has 1 saturated carbocycles. The van der Waals surface area contributed by atoms with Crippen molar-refractivity contribution in [3.63, 3.8) is 0 Å². The Kier molecular flexibility index (Phi) is 2.84. The first-order valence-electron chi connectivity index (χ1n) is 5.57. The normalized spacial score (nSPS) is 28.4. The highest BCUT2D eigenvalue weighted by Gasteiger charge is 2.44. The maximum Gasteiger partial charge on any atom is 0.0369 e. The Balaban J connectivity index is 2.96. The van der Waals surface area contributed by atoms with Crippen LogP contribution < -0.4 is 5.32 Å². The summed E-state index contributed by atoms with van der Waals surface area (Å²) in [5.41, 5.74) is 0.975. The molecule has 0 radical (unpaired) electrons. The van der Waals surface area contributed by atoms with E-state index in [0.717, 1.165) is 0 Å².